The molecule has 0 amide bonds. The summed E-state index contributed by atoms with van der Waals surface area (Å²) < 4.78 is 23.3. The number of fused-ring (bicyclic) bond motifs is 1. The SMILES string of the molecule is CC(C)n1cc(C(=O)Cc2ccc(Oc3ccnc4[nH]nc(N[C@H](C)CO)c34)c(F)c2)c(=O)n(-c2ccc(Cl)cc2)c1=O. The van der Waals surface area contributed by atoms with E-state index in [1.54, 1.807) is 39.0 Å². The zero-order valence-corrected chi connectivity index (χ0v) is 24.2. The Morgan fingerprint density at radius 2 is 1.86 bits per heavy atom. The zero-order valence-electron chi connectivity index (χ0n) is 23.5. The maximum atomic E-state index is 15.3. The number of hydrogen-bond acceptors (Lipinski definition) is 8. The standard InChI is InChI=1S/C30H28ClFN6O5/c1-16(2)37-14-21(29(41)38(30(37)42)20-7-5-19(31)6-8-20)23(40)13-18-4-9-24(22(32)12-18)43-25-10-11-33-27-26(25)28(36-35-27)34-17(3)15-39/h4-12,14,16-17,39H,13,15H2,1-3H3,(H2,33,34,35,36)/t17-/m1/s1. The maximum absolute atomic E-state index is 15.3. The number of H-pyrrole nitrogens is 1. The van der Waals surface area contributed by atoms with Gasteiger partial charge in [-0.3, -0.25) is 19.3 Å². The van der Waals surface area contributed by atoms with Crippen molar-refractivity contribution >= 4 is 34.2 Å². The van der Waals surface area contributed by atoms with Crippen molar-refractivity contribution in [3.05, 3.63) is 104 Å². The molecule has 0 fully saturated rings. The van der Waals surface area contributed by atoms with Gasteiger partial charge in [-0.2, -0.15) is 5.10 Å². The Morgan fingerprint density at radius 3 is 2.53 bits per heavy atom. The minimum absolute atomic E-state index is 0.107. The first-order chi connectivity index (χ1) is 20.6. The molecule has 0 saturated heterocycles. The molecule has 43 heavy (non-hydrogen) atoms. The van der Waals surface area contributed by atoms with Crippen molar-refractivity contribution < 1.29 is 19.0 Å². The predicted octanol–water partition coefficient (Wildman–Crippen LogP) is 4.65. The molecule has 0 radical (unpaired) electrons. The Morgan fingerprint density at radius 1 is 1.12 bits per heavy atom. The number of carbonyl (C=O) groups is 1. The lowest BCUT2D eigenvalue weighted by Gasteiger charge is -2.15. The highest BCUT2D eigenvalue weighted by Gasteiger charge is 2.21. The molecule has 5 rings (SSSR count). The van der Waals surface area contributed by atoms with Gasteiger partial charge in [0.25, 0.3) is 5.56 Å². The van der Waals surface area contributed by atoms with Crippen LogP contribution in [0.3, 0.4) is 0 Å². The number of aliphatic hydroxyl groups is 1. The molecule has 0 aliphatic carbocycles. The number of anilines is 1. The Labute approximate surface area is 249 Å². The van der Waals surface area contributed by atoms with Gasteiger partial charge in [-0.05, 0) is 62.7 Å². The predicted molar refractivity (Wildman–Crippen MR) is 160 cm³/mol. The number of nitrogens with zero attached hydrogens (tertiary/aromatic N) is 4. The van der Waals surface area contributed by atoms with Gasteiger partial charge in [-0.25, -0.2) is 18.7 Å². The Bertz CT molecular complexity index is 1930. The van der Waals surface area contributed by atoms with Crippen LogP contribution in [0.1, 0.15) is 42.7 Å². The molecule has 11 nitrogen and oxygen atoms in total. The fourth-order valence-electron chi connectivity index (χ4n) is 4.48. The van der Waals surface area contributed by atoms with E-state index in [-0.39, 0.29) is 47.9 Å². The van der Waals surface area contributed by atoms with Crippen LogP contribution in [0.2, 0.25) is 5.02 Å². The third-order valence-electron chi connectivity index (χ3n) is 6.72. The molecule has 222 valence electrons. The summed E-state index contributed by atoms with van der Waals surface area (Å²) >= 11 is 5.97. The van der Waals surface area contributed by atoms with Crippen molar-refractivity contribution in [2.45, 2.75) is 39.3 Å². The smallest absolute Gasteiger partial charge is 0.335 e. The molecule has 0 aliphatic heterocycles. The number of aliphatic hydroxyl groups excluding tert-OH is 1. The van der Waals surface area contributed by atoms with Gasteiger partial charge in [0.2, 0.25) is 0 Å². The third kappa shape index (κ3) is 6.06. The summed E-state index contributed by atoms with van der Waals surface area (Å²) in [6, 6.07) is 11.1. The van der Waals surface area contributed by atoms with Crippen LogP contribution >= 0.6 is 11.6 Å². The minimum atomic E-state index is -0.781. The van der Waals surface area contributed by atoms with Gasteiger partial charge in [0.05, 0.1) is 12.3 Å². The number of rotatable bonds is 10. The molecule has 0 aliphatic rings. The number of Topliss-reactive ketones (excluding diaryl/α,β-unsaturated/α-hetero) is 1. The largest absolute Gasteiger partial charge is 0.453 e. The Balaban J connectivity index is 1.44. The Kier molecular flexibility index (Phi) is 8.42. The average molecular weight is 607 g/mol. The van der Waals surface area contributed by atoms with Crippen molar-refractivity contribution in [2.24, 2.45) is 0 Å². The average Bonchev–Trinajstić information content (AvgIpc) is 3.38. The number of carbonyl (C=O) groups excluding carboxylic acids is 1. The summed E-state index contributed by atoms with van der Waals surface area (Å²) in [6.07, 6.45) is 2.44. The van der Waals surface area contributed by atoms with E-state index in [0.29, 0.717) is 27.4 Å². The van der Waals surface area contributed by atoms with E-state index < -0.39 is 22.8 Å². The molecule has 0 bridgehead atoms. The molecular weight excluding hydrogens is 579 g/mol. The second kappa shape index (κ2) is 12.2. The Hall–Kier alpha value is -4.81. The van der Waals surface area contributed by atoms with Gasteiger partial charge in [0.1, 0.15) is 16.7 Å². The van der Waals surface area contributed by atoms with Gasteiger partial charge >= 0.3 is 5.69 Å². The maximum Gasteiger partial charge on any atom is 0.335 e. The van der Waals surface area contributed by atoms with Crippen LogP contribution in [0.25, 0.3) is 16.7 Å². The summed E-state index contributed by atoms with van der Waals surface area (Å²) in [4.78, 5) is 44.1. The highest BCUT2D eigenvalue weighted by molar-refractivity contribution is 6.30. The first-order valence-corrected chi connectivity index (χ1v) is 13.8. The summed E-state index contributed by atoms with van der Waals surface area (Å²) in [5, 5.41) is 20.3. The van der Waals surface area contributed by atoms with E-state index >= 15 is 4.39 Å². The van der Waals surface area contributed by atoms with Crippen LogP contribution < -0.4 is 21.3 Å². The quantitative estimate of drug-likeness (QED) is 0.195. The van der Waals surface area contributed by atoms with Crippen LogP contribution in [0.15, 0.2) is 70.5 Å². The fourth-order valence-corrected chi connectivity index (χ4v) is 4.60. The van der Waals surface area contributed by atoms with E-state index in [1.165, 1.54) is 41.2 Å². The van der Waals surface area contributed by atoms with Crippen molar-refractivity contribution in [1.29, 1.82) is 0 Å². The lowest BCUT2D eigenvalue weighted by molar-refractivity contribution is 0.0990. The normalized spacial score (nSPS) is 12.1. The third-order valence-corrected chi connectivity index (χ3v) is 6.97. The summed E-state index contributed by atoms with van der Waals surface area (Å²) in [5.74, 6) is -0.771. The van der Waals surface area contributed by atoms with E-state index in [9.17, 15) is 19.5 Å². The van der Waals surface area contributed by atoms with Crippen LogP contribution in [0, 0.1) is 5.82 Å². The molecule has 5 aromatic rings. The molecule has 0 unspecified atom stereocenters. The molecule has 3 heterocycles. The number of aromatic nitrogens is 5. The number of benzene rings is 2. The first-order valence-electron chi connectivity index (χ1n) is 13.4. The molecule has 0 spiro atoms. The summed E-state index contributed by atoms with van der Waals surface area (Å²) in [7, 11) is 0. The number of ether oxygens (including phenoxy) is 1. The summed E-state index contributed by atoms with van der Waals surface area (Å²) in [5.41, 5.74) is -0.616. The van der Waals surface area contributed by atoms with E-state index in [4.69, 9.17) is 16.3 Å². The second-order valence-electron chi connectivity index (χ2n) is 10.2. The highest BCUT2D eigenvalue weighted by atomic mass is 35.5. The van der Waals surface area contributed by atoms with Gasteiger partial charge in [0, 0.05) is 42.0 Å². The van der Waals surface area contributed by atoms with Crippen LogP contribution in [0.5, 0.6) is 11.5 Å². The van der Waals surface area contributed by atoms with Gasteiger partial charge < -0.3 is 15.2 Å². The molecule has 3 aromatic heterocycles. The first kappa shape index (κ1) is 29.7. The van der Waals surface area contributed by atoms with Crippen molar-refractivity contribution in [1.82, 2.24) is 24.3 Å². The molecule has 0 saturated carbocycles. The van der Waals surface area contributed by atoms with Crippen molar-refractivity contribution in [3.63, 3.8) is 0 Å². The van der Waals surface area contributed by atoms with E-state index in [0.717, 1.165) is 10.6 Å². The molecular formula is C30H28ClFN6O5. The van der Waals surface area contributed by atoms with Crippen LogP contribution in [0.4, 0.5) is 10.2 Å². The molecule has 3 N–H and O–H groups in total. The van der Waals surface area contributed by atoms with Crippen molar-refractivity contribution in [3.8, 4) is 17.2 Å². The number of hydrogen-bond donors (Lipinski definition) is 3. The van der Waals surface area contributed by atoms with Gasteiger partial charge in [0.15, 0.2) is 28.8 Å². The number of aromatic amines is 1. The molecule has 2 aromatic carbocycles. The summed E-state index contributed by atoms with van der Waals surface area (Å²) in [6.45, 7) is 5.15. The van der Waals surface area contributed by atoms with Gasteiger partial charge in [-0.1, -0.05) is 17.7 Å². The molecule has 13 heteroatoms. The van der Waals surface area contributed by atoms with E-state index in [2.05, 4.69) is 20.5 Å². The lowest BCUT2D eigenvalue weighted by atomic mass is 10.0. The van der Waals surface area contributed by atoms with E-state index in [1.807, 2.05) is 0 Å². The number of nitrogens with one attached hydrogen (secondary N) is 2. The highest BCUT2D eigenvalue weighted by Crippen LogP contribution is 2.34. The van der Waals surface area contributed by atoms with Crippen LogP contribution in [-0.2, 0) is 6.42 Å². The fraction of sp³-hybridized carbons (Fsp3) is 0.233. The van der Waals surface area contributed by atoms with Gasteiger partial charge in [-0.15, -0.1) is 0 Å². The topological polar surface area (TPSA) is 144 Å². The number of pyridine rings is 1. The number of halogens is 2. The lowest BCUT2D eigenvalue weighted by Crippen LogP contribution is -2.42. The second-order valence-corrected chi connectivity index (χ2v) is 10.7. The molecule has 1 atom stereocenters. The number of ketones is 1. The monoisotopic (exact) mass is 606 g/mol. The zero-order chi connectivity index (χ0) is 30.8. The van der Waals surface area contributed by atoms with Crippen molar-refractivity contribution in [2.75, 3.05) is 11.9 Å². The minimum Gasteiger partial charge on any atom is -0.453 e. The van der Waals surface area contributed by atoms with Crippen LogP contribution in [-0.4, -0.2) is 47.9 Å².